The van der Waals surface area contributed by atoms with Gasteiger partial charge in [0.15, 0.2) is 5.82 Å². The van der Waals surface area contributed by atoms with E-state index in [0.717, 1.165) is 16.7 Å². The van der Waals surface area contributed by atoms with Gasteiger partial charge in [-0.1, -0.05) is 17.7 Å². The number of nitrogens with one attached hydrogen (secondary N) is 1. The third-order valence-electron chi connectivity index (χ3n) is 4.88. The number of benzene rings is 2. The molecule has 0 aliphatic rings. The second kappa shape index (κ2) is 8.44. The second-order valence-corrected chi connectivity index (χ2v) is 7.64. The van der Waals surface area contributed by atoms with E-state index < -0.39 is 23.2 Å². The molecule has 0 aliphatic carbocycles. The third-order valence-corrected chi connectivity index (χ3v) is 5.19. The number of nitrogen functional groups attached to an aromatic ring is 1. The quantitative estimate of drug-likeness (QED) is 0.464. The molecular formula is C22H16ClF2N7O. The summed E-state index contributed by atoms with van der Waals surface area (Å²) < 4.78 is 29.1. The van der Waals surface area contributed by atoms with E-state index >= 15 is 0 Å². The summed E-state index contributed by atoms with van der Waals surface area (Å²) in [5.41, 5.74) is 5.46. The van der Waals surface area contributed by atoms with Crippen molar-refractivity contribution in [2.75, 3.05) is 11.1 Å². The molecular weight excluding hydrogens is 452 g/mol. The van der Waals surface area contributed by atoms with Gasteiger partial charge in [-0.05, 0) is 38.1 Å². The molecule has 4 rings (SSSR count). The van der Waals surface area contributed by atoms with Gasteiger partial charge in [-0.15, -0.1) is 0 Å². The molecule has 2 aromatic heterocycles. The molecule has 0 saturated heterocycles. The molecule has 0 fully saturated rings. The Morgan fingerprint density at radius 1 is 1.18 bits per heavy atom. The van der Waals surface area contributed by atoms with Gasteiger partial charge in [-0.3, -0.25) is 9.36 Å². The average Bonchev–Trinajstić information content (AvgIpc) is 2.72. The van der Waals surface area contributed by atoms with Gasteiger partial charge >= 0.3 is 0 Å². The Morgan fingerprint density at radius 3 is 2.55 bits per heavy atom. The number of nitrogens with two attached hydrogens (primary N) is 1. The van der Waals surface area contributed by atoms with Gasteiger partial charge in [0.1, 0.15) is 40.7 Å². The number of nitriles is 1. The van der Waals surface area contributed by atoms with Crippen molar-refractivity contribution in [3.63, 3.8) is 0 Å². The van der Waals surface area contributed by atoms with Crippen LogP contribution in [0, 0.1) is 29.9 Å². The molecule has 2 aromatic carbocycles. The van der Waals surface area contributed by atoms with Gasteiger partial charge in [-0.25, -0.2) is 23.7 Å². The molecule has 1 atom stereocenters. The number of aromatic nitrogens is 4. The fourth-order valence-electron chi connectivity index (χ4n) is 3.49. The number of nitrogens with zero attached hydrogens (tertiary/aromatic N) is 5. The highest BCUT2D eigenvalue weighted by atomic mass is 35.5. The van der Waals surface area contributed by atoms with E-state index in [2.05, 4.69) is 20.3 Å². The number of hydrogen-bond acceptors (Lipinski definition) is 7. The molecule has 8 nitrogen and oxygen atoms in total. The standard InChI is InChI=1S/C22H16ClF2N7O/c1-10(28-20-15(9-26)19(27)29-11(2)30-20)21-31-17-5-3-4-16(23)18(17)22(33)32(21)14-7-12(24)6-13(25)8-14/h3-8,10H,1-2H3,(H3,27,28,29,30). The summed E-state index contributed by atoms with van der Waals surface area (Å²) in [6.45, 7) is 3.26. The maximum Gasteiger partial charge on any atom is 0.267 e. The maximum atomic E-state index is 14.0. The van der Waals surface area contributed by atoms with Crippen LogP contribution < -0.4 is 16.6 Å². The Kier molecular flexibility index (Phi) is 5.66. The minimum atomic E-state index is -0.867. The molecule has 0 aliphatic heterocycles. The van der Waals surface area contributed by atoms with Gasteiger partial charge in [0, 0.05) is 6.07 Å². The Bertz CT molecular complexity index is 1490. The van der Waals surface area contributed by atoms with E-state index in [-0.39, 0.29) is 39.1 Å². The third kappa shape index (κ3) is 4.06. The SMILES string of the molecule is Cc1nc(N)c(C#N)c(NC(C)c2nc3cccc(Cl)c3c(=O)n2-c2cc(F)cc(F)c2)n1. The minimum absolute atomic E-state index is 0.0115. The van der Waals surface area contributed by atoms with Crippen molar-refractivity contribution >= 4 is 34.1 Å². The zero-order chi connectivity index (χ0) is 23.9. The lowest BCUT2D eigenvalue weighted by Crippen LogP contribution is -2.28. The van der Waals surface area contributed by atoms with E-state index in [1.807, 2.05) is 6.07 Å². The second-order valence-electron chi connectivity index (χ2n) is 7.23. The summed E-state index contributed by atoms with van der Waals surface area (Å²) in [4.78, 5) is 26.2. The molecule has 0 bridgehead atoms. The van der Waals surface area contributed by atoms with Gasteiger partial charge < -0.3 is 11.1 Å². The van der Waals surface area contributed by atoms with Gasteiger partial charge in [0.2, 0.25) is 0 Å². The topological polar surface area (TPSA) is 123 Å². The lowest BCUT2D eigenvalue weighted by Gasteiger charge is -2.21. The van der Waals surface area contributed by atoms with E-state index in [9.17, 15) is 18.8 Å². The van der Waals surface area contributed by atoms with E-state index in [0.29, 0.717) is 17.4 Å². The normalized spacial score (nSPS) is 11.9. The van der Waals surface area contributed by atoms with Crippen LogP contribution in [0.4, 0.5) is 20.4 Å². The lowest BCUT2D eigenvalue weighted by molar-refractivity contribution is 0.579. The molecule has 33 heavy (non-hydrogen) atoms. The molecule has 0 radical (unpaired) electrons. The molecule has 0 saturated carbocycles. The molecule has 2 heterocycles. The van der Waals surface area contributed by atoms with Crippen molar-refractivity contribution in [2.24, 2.45) is 0 Å². The number of fused-ring (bicyclic) bond motifs is 1. The molecule has 4 aromatic rings. The van der Waals surface area contributed by atoms with Crippen LogP contribution >= 0.6 is 11.6 Å². The van der Waals surface area contributed by atoms with E-state index in [1.54, 1.807) is 26.0 Å². The predicted octanol–water partition coefficient (Wildman–Crippen LogP) is 4.04. The highest BCUT2D eigenvalue weighted by Gasteiger charge is 2.22. The fourth-order valence-corrected chi connectivity index (χ4v) is 3.74. The summed E-state index contributed by atoms with van der Waals surface area (Å²) in [6.07, 6.45) is 0. The van der Waals surface area contributed by atoms with Crippen LogP contribution in [0.1, 0.15) is 30.2 Å². The van der Waals surface area contributed by atoms with Gasteiger partial charge in [0.05, 0.1) is 27.7 Å². The van der Waals surface area contributed by atoms with Crippen LogP contribution in [0.3, 0.4) is 0 Å². The summed E-state index contributed by atoms with van der Waals surface area (Å²) in [5.74, 6) is -1.18. The molecule has 3 N–H and O–H groups in total. The highest BCUT2D eigenvalue weighted by molar-refractivity contribution is 6.35. The largest absolute Gasteiger partial charge is 0.382 e. The maximum absolute atomic E-state index is 14.0. The number of anilines is 2. The van der Waals surface area contributed by atoms with Crippen LogP contribution in [-0.2, 0) is 0 Å². The van der Waals surface area contributed by atoms with Crippen LogP contribution in [0.5, 0.6) is 0 Å². The Hall–Kier alpha value is -4.10. The fraction of sp³-hybridized carbons (Fsp3) is 0.136. The summed E-state index contributed by atoms with van der Waals surface area (Å²) >= 11 is 6.24. The van der Waals surface area contributed by atoms with Crippen LogP contribution in [0.2, 0.25) is 5.02 Å². The van der Waals surface area contributed by atoms with Crippen molar-refractivity contribution in [3.05, 3.63) is 80.6 Å². The molecule has 11 heteroatoms. The summed E-state index contributed by atoms with van der Waals surface area (Å²) in [6, 6.07) is 8.66. The first-order valence-corrected chi connectivity index (χ1v) is 10.1. The van der Waals surface area contributed by atoms with Crippen molar-refractivity contribution < 1.29 is 8.78 Å². The lowest BCUT2D eigenvalue weighted by atomic mass is 10.2. The van der Waals surface area contributed by atoms with Crippen LogP contribution in [0.15, 0.2) is 41.2 Å². The Balaban J connectivity index is 1.97. The zero-order valence-corrected chi connectivity index (χ0v) is 18.2. The smallest absolute Gasteiger partial charge is 0.267 e. The van der Waals surface area contributed by atoms with Gasteiger partial charge in [-0.2, -0.15) is 5.26 Å². The summed E-state index contributed by atoms with van der Waals surface area (Å²) in [7, 11) is 0. The first-order chi connectivity index (χ1) is 15.7. The Morgan fingerprint density at radius 2 is 1.88 bits per heavy atom. The van der Waals surface area contributed by atoms with Crippen molar-refractivity contribution in [1.29, 1.82) is 5.26 Å². The minimum Gasteiger partial charge on any atom is -0.382 e. The van der Waals surface area contributed by atoms with E-state index in [4.69, 9.17) is 17.3 Å². The molecule has 0 spiro atoms. The van der Waals surface area contributed by atoms with E-state index in [1.165, 1.54) is 6.07 Å². The van der Waals surface area contributed by atoms with Gasteiger partial charge in [0.25, 0.3) is 5.56 Å². The van der Waals surface area contributed by atoms with Crippen molar-refractivity contribution in [1.82, 2.24) is 19.5 Å². The predicted molar refractivity (Wildman–Crippen MR) is 120 cm³/mol. The number of aryl methyl sites for hydroxylation is 1. The summed E-state index contributed by atoms with van der Waals surface area (Å²) in [5, 5.41) is 12.7. The highest BCUT2D eigenvalue weighted by Crippen LogP contribution is 2.27. The van der Waals surface area contributed by atoms with Crippen molar-refractivity contribution in [3.8, 4) is 11.8 Å². The Labute approximate surface area is 191 Å². The molecule has 166 valence electrons. The zero-order valence-electron chi connectivity index (χ0n) is 17.4. The van der Waals surface area contributed by atoms with Crippen LogP contribution in [0.25, 0.3) is 16.6 Å². The van der Waals surface area contributed by atoms with Crippen LogP contribution in [-0.4, -0.2) is 19.5 Å². The number of halogens is 3. The molecule has 0 amide bonds. The number of hydrogen-bond donors (Lipinski definition) is 2. The average molecular weight is 468 g/mol. The number of rotatable bonds is 4. The molecule has 1 unspecified atom stereocenters. The first kappa shape index (κ1) is 22.1. The monoisotopic (exact) mass is 467 g/mol. The first-order valence-electron chi connectivity index (χ1n) is 9.68. The van der Waals surface area contributed by atoms with Crippen molar-refractivity contribution in [2.45, 2.75) is 19.9 Å².